The second-order valence-electron chi connectivity index (χ2n) is 4.89. The normalized spacial score (nSPS) is 25.1. The van der Waals surface area contributed by atoms with Crippen LogP contribution in [0.15, 0.2) is 24.3 Å². The van der Waals surface area contributed by atoms with E-state index < -0.39 is 0 Å². The van der Waals surface area contributed by atoms with Gasteiger partial charge in [-0.2, -0.15) is 0 Å². The molecule has 17 heavy (non-hydrogen) atoms. The fourth-order valence-corrected chi connectivity index (χ4v) is 2.63. The van der Waals surface area contributed by atoms with E-state index in [2.05, 4.69) is 24.0 Å². The minimum atomic E-state index is 0.539. The lowest BCUT2D eigenvalue weighted by Gasteiger charge is -2.25. The predicted octanol–water partition coefficient (Wildman–Crippen LogP) is 1.86. The quantitative estimate of drug-likeness (QED) is 0.864. The minimum absolute atomic E-state index is 0.539. The van der Waals surface area contributed by atoms with E-state index in [1.165, 1.54) is 12.0 Å². The lowest BCUT2D eigenvalue weighted by Crippen LogP contribution is -2.37. The first-order valence-electron chi connectivity index (χ1n) is 6.31. The van der Waals surface area contributed by atoms with E-state index in [4.69, 9.17) is 10.5 Å². The molecule has 94 valence electrons. The molecule has 1 saturated heterocycles. The number of benzene rings is 1. The van der Waals surface area contributed by atoms with Gasteiger partial charge in [-0.15, -0.1) is 0 Å². The summed E-state index contributed by atoms with van der Waals surface area (Å²) in [6.45, 7) is 5.22. The SMILES string of the molecule is COc1ccc(CN2CCC(C)C2CN)cc1. The third-order valence-corrected chi connectivity index (χ3v) is 3.78. The van der Waals surface area contributed by atoms with Crippen LogP contribution in [0.3, 0.4) is 0 Å². The van der Waals surface area contributed by atoms with Crippen molar-refractivity contribution in [1.29, 1.82) is 0 Å². The molecular formula is C14H22N2O. The van der Waals surface area contributed by atoms with Crippen molar-refractivity contribution in [3.05, 3.63) is 29.8 Å². The summed E-state index contributed by atoms with van der Waals surface area (Å²) in [7, 11) is 1.70. The van der Waals surface area contributed by atoms with E-state index in [0.29, 0.717) is 6.04 Å². The van der Waals surface area contributed by atoms with E-state index in [0.717, 1.165) is 31.3 Å². The number of hydrogen-bond acceptors (Lipinski definition) is 3. The summed E-state index contributed by atoms with van der Waals surface area (Å²) in [5.74, 6) is 1.64. The average Bonchev–Trinajstić information content (AvgIpc) is 2.71. The van der Waals surface area contributed by atoms with Crippen LogP contribution >= 0.6 is 0 Å². The molecule has 1 aliphatic rings. The standard InChI is InChI=1S/C14H22N2O/c1-11-7-8-16(14(11)9-15)10-12-3-5-13(17-2)6-4-12/h3-6,11,14H,7-10,15H2,1-2H3. The Labute approximate surface area is 104 Å². The van der Waals surface area contributed by atoms with Gasteiger partial charge in [0.05, 0.1) is 7.11 Å². The van der Waals surface area contributed by atoms with Crippen molar-refractivity contribution in [1.82, 2.24) is 4.90 Å². The Morgan fingerprint density at radius 3 is 2.65 bits per heavy atom. The van der Waals surface area contributed by atoms with Crippen LogP contribution in [0.2, 0.25) is 0 Å². The molecular weight excluding hydrogens is 212 g/mol. The monoisotopic (exact) mass is 234 g/mol. The summed E-state index contributed by atoms with van der Waals surface area (Å²) in [5.41, 5.74) is 7.18. The van der Waals surface area contributed by atoms with Crippen LogP contribution in [0.5, 0.6) is 5.75 Å². The third-order valence-electron chi connectivity index (χ3n) is 3.78. The summed E-state index contributed by atoms with van der Waals surface area (Å²) in [6, 6.07) is 8.85. The Balaban J connectivity index is 2.00. The van der Waals surface area contributed by atoms with Crippen molar-refractivity contribution < 1.29 is 4.74 Å². The lowest BCUT2D eigenvalue weighted by atomic mass is 10.0. The molecule has 1 aliphatic heterocycles. The average molecular weight is 234 g/mol. The van der Waals surface area contributed by atoms with Gasteiger partial charge in [-0.1, -0.05) is 19.1 Å². The van der Waals surface area contributed by atoms with Gasteiger partial charge in [-0.25, -0.2) is 0 Å². The maximum Gasteiger partial charge on any atom is 0.118 e. The first-order chi connectivity index (χ1) is 8.24. The molecule has 0 saturated carbocycles. The summed E-state index contributed by atoms with van der Waals surface area (Å²) in [5, 5.41) is 0. The van der Waals surface area contributed by atoms with Crippen LogP contribution in [0.1, 0.15) is 18.9 Å². The molecule has 1 aromatic carbocycles. The number of rotatable bonds is 4. The van der Waals surface area contributed by atoms with Gasteiger partial charge < -0.3 is 10.5 Å². The largest absolute Gasteiger partial charge is 0.497 e. The molecule has 0 radical (unpaired) electrons. The molecule has 1 fully saturated rings. The molecule has 0 amide bonds. The van der Waals surface area contributed by atoms with E-state index >= 15 is 0 Å². The van der Waals surface area contributed by atoms with Gasteiger partial charge in [0.15, 0.2) is 0 Å². The molecule has 0 aromatic heterocycles. The first kappa shape index (κ1) is 12.4. The second kappa shape index (κ2) is 5.52. The summed E-state index contributed by atoms with van der Waals surface area (Å²) in [4.78, 5) is 2.49. The smallest absolute Gasteiger partial charge is 0.118 e. The zero-order chi connectivity index (χ0) is 12.3. The molecule has 2 rings (SSSR count). The van der Waals surface area contributed by atoms with Gasteiger partial charge in [-0.05, 0) is 36.6 Å². The lowest BCUT2D eigenvalue weighted by molar-refractivity contribution is 0.228. The van der Waals surface area contributed by atoms with Crippen LogP contribution in [0.25, 0.3) is 0 Å². The summed E-state index contributed by atoms with van der Waals surface area (Å²) >= 11 is 0. The molecule has 2 unspecified atom stereocenters. The van der Waals surface area contributed by atoms with Gasteiger partial charge in [0.25, 0.3) is 0 Å². The van der Waals surface area contributed by atoms with E-state index in [-0.39, 0.29) is 0 Å². The number of nitrogens with two attached hydrogens (primary N) is 1. The number of nitrogens with zero attached hydrogens (tertiary/aromatic N) is 1. The van der Waals surface area contributed by atoms with Crippen LogP contribution in [0, 0.1) is 5.92 Å². The highest BCUT2D eigenvalue weighted by Gasteiger charge is 2.29. The molecule has 2 N–H and O–H groups in total. The van der Waals surface area contributed by atoms with Crippen molar-refractivity contribution in [2.45, 2.75) is 25.9 Å². The van der Waals surface area contributed by atoms with Crippen LogP contribution in [-0.4, -0.2) is 31.1 Å². The van der Waals surface area contributed by atoms with Crippen molar-refractivity contribution in [3.63, 3.8) is 0 Å². The van der Waals surface area contributed by atoms with Gasteiger partial charge in [0.2, 0.25) is 0 Å². The molecule has 3 nitrogen and oxygen atoms in total. The highest BCUT2D eigenvalue weighted by Crippen LogP contribution is 2.25. The Bertz CT molecular complexity index is 350. The van der Waals surface area contributed by atoms with Crippen LogP contribution in [-0.2, 0) is 6.54 Å². The third kappa shape index (κ3) is 2.79. The zero-order valence-electron chi connectivity index (χ0n) is 10.7. The number of ether oxygens (including phenoxy) is 1. The fraction of sp³-hybridized carbons (Fsp3) is 0.571. The summed E-state index contributed by atoms with van der Waals surface area (Å²) < 4.78 is 5.16. The number of hydrogen-bond donors (Lipinski definition) is 1. The number of methoxy groups -OCH3 is 1. The Hall–Kier alpha value is -1.06. The first-order valence-corrected chi connectivity index (χ1v) is 6.31. The highest BCUT2D eigenvalue weighted by molar-refractivity contribution is 5.27. The molecule has 2 atom stereocenters. The Morgan fingerprint density at radius 1 is 1.35 bits per heavy atom. The topological polar surface area (TPSA) is 38.5 Å². The maximum absolute atomic E-state index is 5.85. The van der Waals surface area contributed by atoms with Crippen LogP contribution < -0.4 is 10.5 Å². The van der Waals surface area contributed by atoms with Crippen molar-refractivity contribution in [2.24, 2.45) is 11.7 Å². The Kier molecular flexibility index (Phi) is 4.02. The molecule has 1 heterocycles. The maximum atomic E-state index is 5.85. The molecule has 1 aromatic rings. The molecule has 0 bridgehead atoms. The van der Waals surface area contributed by atoms with Crippen molar-refractivity contribution in [2.75, 3.05) is 20.2 Å². The van der Waals surface area contributed by atoms with E-state index in [1.807, 2.05) is 12.1 Å². The fourth-order valence-electron chi connectivity index (χ4n) is 2.63. The Morgan fingerprint density at radius 2 is 2.06 bits per heavy atom. The van der Waals surface area contributed by atoms with Gasteiger partial charge in [0, 0.05) is 19.1 Å². The van der Waals surface area contributed by atoms with Crippen LogP contribution in [0.4, 0.5) is 0 Å². The minimum Gasteiger partial charge on any atom is -0.497 e. The van der Waals surface area contributed by atoms with Gasteiger partial charge in [0.1, 0.15) is 5.75 Å². The van der Waals surface area contributed by atoms with Gasteiger partial charge in [-0.3, -0.25) is 4.90 Å². The van der Waals surface area contributed by atoms with E-state index in [9.17, 15) is 0 Å². The molecule has 3 heteroatoms. The molecule has 0 spiro atoms. The van der Waals surface area contributed by atoms with Crippen molar-refractivity contribution in [3.8, 4) is 5.75 Å². The van der Waals surface area contributed by atoms with Crippen molar-refractivity contribution >= 4 is 0 Å². The predicted molar refractivity (Wildman–Crippen MR) is 70.0 cm³/mol. The summed E-state index contributed by atoms with van der Waals surface area (Å²) in [6.07, 6.45) is 1.26. The van der Waals surface area contributed by atoms with Gasteiger partial charge >= 0.3 is 0 Å². The number of likely N-dealkylation sites (tertiary alicyclic amines) is 1. The highest BCUT2D eigenvalue weighted by atomic mass is 16.5. The second-order valence-corrected chi connectivity index (χ2v) is 4.89. The van der Waals surface area contributed by atoms with E-state index in [1.54, 1.807) is 7.11 Å². The zero-order valence-corrected chi connectivity index (χ0v) is 10.7. The molecule has 0 aliphatic carbocycles.